The summed E-state index contributed by atoms with van der Waals surface area (Å²) in [5.41, 5.74) is 2.04. The highest BCUT2D eigenvalue weighted by molar-refractivity contribution is 5.73. The fourth-order valence-corrected chi connectivity index (χ4v) is 1.91. The molecule has 0 aliphatic rings. The first-order valence-electron chi connectivity index (χ1n) is 7.06. The summed E-state index contributed by atoms with van der Waals surface area (Å²) in [6.07, 6.45) is 0. The van der Waals surface area contributed by atoms with E-state index in [4.69, 9.17) is 4.42 Å². The number of carbonyl (C=O) groups is 1. The second-order valence-corrected chi connectivity index (χ2v) is 4.70. The van der Waals surface area contributed by atoms with E-state index < -0.39 is 0 Å². The van der Waals surface area contributed by atoms with E-state index in [9.17, 15) is 4.79 Å². The number of carbonyl (C=O) groups excluding carboxylic acids is 1. The van der Waals surface area contributed by atoms with Crippen molar-refractivity contribution in [3.63, 3.8) is 0 Å². The molecular weight excluding hydrogens is 268 g/mol. The van der Waals surface area contributed by atoms with Crippen LogP contribution < -0.4 is 5.32 Å². The molecule has 0 atom stereocenters. The van der Waals surface area contributed by atoms with Gasteiger partial charge in [-0.15, -0.1) is 10.2 Å². The van der Waals surface area contributed by atoms with Gasteiger partial charge in [0, 0.05) is 18.7 Å². The minimum absolute atomic E-state index is 0.130. The number of nitrogens with zero attached hydrogens (tertiary/aromatic N) is 3. The highest BCUT2D eigenvalue weighted by Gasteiger charge is 2.12. The lowest BCUT2D eigenvalue weighted by Gasteiger charge is -2.18. The van der Waals surface area contributed by atoms with Crippen molar-refractivity contribution in [2.45, 2.75) is 27.3 Å². The molecule has 1 heterocycles. The Bertz CT molecular complexity index is 588. The van der Waals surface area contributed by atoms with Gasteiger partial charge in [-0.3, -0.25) is 0 Å². The van der Waals surface area contributed by atoms with Gasteiger partial charge in [0.2, 0.25) is 11.8 Å². The largest absolute Gasteiger partial charge is 0.419 e. The lowest BCUT2D eigenvalue weighted by atomic mass is 10.1. The summed E-state index contributed by atoms with van der Waals surface area (Å²) in [7, 11) is 0. The van der Waals surface area contributed by atoms with E-state index >= 15 is 0 Å². The molecule has 6 heteroatoms. The van der Waals surface area contributed by atoms with Crippen molar-refractivity contribution < 1.29 is 9.21 Å². The first-order chi connectivity index (χ1) is 10.1. The first kappa shape index (κ1) is 15.0. The number of rotatable bonds is 5. The predicted molar refractivity (Wildman–Crippen MR) is 79.6 cm³/mol. The smallest absolute Gasteiger partial charge is 0.317 e. The van der Waals surface area contributed by atoms with Crippen LogP contribution in [0.4, 0.5) is 4.79 Å². The van der Waals surface area contributed by atoms with Crippen LogP contribution in [0.25, 0.3) is 11.5 Å². The maximum atomic E-state index is 11.8. The number of aromatic nitrogens is 2. The van der Waals surface area contributed by atoms with Gasteiger partial charge < -0.3 is 14.6 Å². The molecule has 112 valence electrons. The summed E-state index contributed by atoms with van der Waals surface area (Å²) < 4.78 is 5.55. The van der Waals surface area contributed by atoms with Gasteiger partial charge in [0.25, 0.3) is 0 Å². The summed E-state index contributed by atoms with van der Waals surface area (Å²) in [6.45, 7) is 7.46. The average molecular weight is 288 g/mol. The second kappa shape index (κ2) is 6.88. The molecule has 0 spiro atoms. The standard InChI is InChI=1S/C15H20N4O2/c1-4-19(5-2)15(20)16-10-13-17-18-14(21-13)12-8-6-11(3)7-9-12/h6-9H,4-5,10H2,1-3H3,(H,16,20). The molecule has 0 aliphatic carbocycles. The molecule has 0 aliphatic heterocycles. The quantitative estimate of drug-likeness (QED) is 0.918. The van der Waals surface area contributed by atoms with E-state index in [0.29, 0.717) is 24.9 Å². The SMILES string of the molecule is CCN(CC)C(=O)NCc1nnc(-c2ccc(C)cc2)o1. The Labute approximate surface area is 124 Å². The lowest BCUT2D eigenvalue weighted by molar-refractivity contribution is 0.201. The zero-order valence-electron chi connectivity index (χ0n) is 12.6. The van der Waals surface area contributed by atoms with E-state index in [1.807, 2.05) is 45.0 Å². The van der Waals surface area contributed by atoms with Crippen LogP contribution in [0.2, 0.25) is 0 Å². The van der Waals surface area contributed by atoms with Crippen LogP contribution in [0, 0.1) is 6.92 Å². The van der Waals surface area contributed by atoms with Crippen LogP contribution in [0.1, 0.15) is 25.3 Å². The number of hydrogen-bond acceptors (Lipinski definition) is 4. The van der Waals surface area contributed by atoms with Crippen molar-refractivity contribution in [2.75, 3.05) is 13.1 Å². The van der Waals surface area contributed by atoms with Gasteiger partial charge in [-0.2, -0.15) is 0 Å². The van der Waals surface area contributed by atoms with Crippen LogP contribution >= 0.6 is 0 Å². The summed E-state index contributed by atoms with van der Waals surface area (Å²) in [6, 6.07) is 7.71. The molecule has 6 nitrogen and oxygen atoms in total. The van der Waals surface area contributed by atoms with Crippen LogP contribution in [-0.4, -0.2) is 34.2 Å². The van der Waals surface area contributed by atoms with Gasteiger partial charge in [0.1, 0.15) is 0 Å². The van der Waals surface area contributed by atoms with Crippen molar-refractivity contribution in [3.8, 4) is 11.5 Å². The van der Waals surface area contributed by atoms with Gasteiger partial charge >= 0.3 is 6.03 Å². The molecule has 0 bridgehead atoms. The molecule has 2 rings (SSSR count). The van der Waals surface area contributed by atoms with Crippen molar-refractivity contribution in [1.29, 1.82) is 0 Å². The summed E-state index contributed by atoms with van der Waals surface area (Å²) >= 11 is 0. The Morgan fingerprint density at radius 3 is 2.48 bits per heavy atom. The van der Waals surface area contributed by atoms with E-state index in [1.54, 1.807) is 4.90 Å². The topological polar surface area (TPSA) is 71.3 Å². The molecule has 0 saturated carbocycles. The normalized spacial score (nSPS) is 10.4. The second-order valence-electron chi connectivity index (χ2n) is 4.70. The molecule has 0 saturated heterocycles. The van der Waals surface area contributed by atoms with Crippen LogP contribution in [0.15, 0.2) is 28.7 Å². The first-order valence-corrected chi connectivity index (χ1v) is 7.06. The fraction of sp³-hybridized carbons (Fsp3) is 0.400. The third kappa shape index (κ3) is 3.81. The Hall–Kier alpha value is -2.37. The maximum Gasteiger partial charge on any atom is 0.317 e. The van der Waals surface area contributed by atoms with Crippen molar-refractivity contribution in [2.24, 2.45) is 0 Å². The minimum Gasteiger partial charge on any atom is -0.419 e. The van der Waals surface area contributed by atoms with E-state index in [-0.39, 0.29) is 12.6 Å². The third-order valence-corrected chi connectivity index (χ3v) is 3.21. The number of benzene rings is 1. The van der Waals surface area contributed by atoms with Gasteiger partial charge in [0.15, 0.2) is 0 Å². The Morgan fingerprint density at radius 1 is 1.19 bits per heavy atom. The molecule has 1 N–H and O–H groups in total. The number of hydrogen-bond donors (Lipinski definition) is 1. The Kier molecular flexibility index (Phi) is 4.92. The van der Waals surface area contributed by atoms with Gasteiger partial charge in [0.05, 0.1) is 6.54 Å². The monoisotopic (exact) mass is 288 g/mol. The zero-order chi connectivity index (χ0) is 15.2. The van der Waals surface area contributed by atoms with Gasteiger partial charge in [-0.05, 0) is 32.9 Å². The van der Waals surface area contributed by atoms with Crippen LogP contribution in [0.3, 0.4) is 0 Å². The average Bonchev–Trinajstić information content (AvgIpc) is 2.96. The number of aryl methyl sites for hydroxylation is 1. The number of amides is 2. The predicted octanol–water partition coefficient (Wildman–Crippen LogP) is 2.60. The van der Waals surface area contributed by atoms with Crippen LogP contribution in [-0.2, 0) is 6.54 Å². The molecule has 0 unspecified atom stereocenters. The minimum atomic E-state index is -0.130. The molecule has 2 amide bonds. The molecule has 0 fully saturated rings. The van der Waals surface area contributed by atoms with Crippen molar-refractivity contribution in [1.82, 2.24) is 20.4 Å². The molecule has 1 aromatic heterocycles. The summed E-state index contributed by atoms with van der Waals surface area (Å²) in [5, 5.41) is 10.7. The van der Waals surface area contributed by atoms with E-state index in [1.165, 1.54) is 5.56 Å². The van der Waals surface area contributed by atoms with E-state index in [0.717, 1.165) is 5.56 Å². The van der Waals surface area contributed by atoms with Crippen LogP contribution in [0.5, 0.6) is 0 Å². The van der Waals surface area contributed by atoms with Crippen molar-refractivity contribution >= 4 is 6.03 Å². The molecule has 1 aromatic carbocycles. The fourth-order valence-electron chi connectivity index (χ4n) is 1.91. The summed E-state index contributed by atoms with van der Waals surface area (Å²) in [5.74, 6) is 0.855. The van der Waals surface area contributed by atoms with Gasteiger partial charge in [-0.25, -0.2) is 4.79 Å². The lowest BCUT2D eigenvalue weighted by Crippen LogP contribution is -2.39. The third-order valence-electron chi connectivity index (χ3n) is 3.21. The molecule has 2 aromatic rings. The highest BCUT2D eigenvalue weighted by atomic mass is 16.4. The maximum absolute atomic E-state index is 11.8. The van der Waals surface area contributed by atoms with Crippen molar-refractivity contribution in [3.05, 3.63) is 35.7 Å². The highest BCUT2D eigenvalue weighted by Crippen LogP contribution is 2.18. The molecule has 21 heavy (non-hydrogen) atoms. The molecular formula is C15H20N4O2. The van der Waals surface area contributed by atoms with Gasteiger partial charge in [-0.1, -0.05) is 17.7 Å². The Balaban J connectivity index is 1.97. The van der Waals surface area contributed by atoms with E-state index in [2.05, 4.69) is 15.5 Å². The zero-order valence-corrected chi connectivity index (χ0v) is 12.6. The number of urea groups is 1. The molecule has 0 radical (unpaired) electrons. The Morgan fingerprint density at radius 2 is 1.86 bits per heavy atom. The number of nitrogens with one attached hydrogen (secondary N) is 1. The summed E-state index contributed by atoms with van der Waals surface area (Å²) in [4.78, 5) is 13.5.